The minimum absolute atomic E-state index is 0.0153. The standard InChI is InChI=1S/C15H31NO4S.C2H6/c1-5-7-18-9-11-20-12-10-19-8-6-16-14(17)13-15(2,3)21-4;1-2/h5-13H2,1-4H3,(H,16,17);1-2H3. The van der Waals surface area contributed by atoms with Crippen LogP contribution in [0.5, 0.6) is 0 Å². The molecule has 0 aliphatic carbocycles. The van der Waals surface area contributed by atoms with Crippen LogP contribution >= 0.6 is 11.8 Å². The first kappa shape index (κ1) is 24.9. The molecule has 140 valence electrons. The molecule has 5 nitrogen and oxygen atoms in total. The zero-order valence-electron chi connectivity index (χ0n) is 15.9. The zero-order valence-corrected chi connectivity index (χ0v) is 16.7. The fourth-order valence-electron chi connectivity index (χ4n) is 1.47. The van der Waals surface area contributed by atoms with Gasteiger partial charge in [-0.05, 0) is 12.7 Å². The van der Waals surface area contributed by atoms with Gasteiger partial charge in [-0.25, -0.2) is 0 Å². The van der Waals surface area contributed by atoms with Crippen molar-refractivity contribution in [3.63, 3.8) is 0 Å². The second-order valence-electron chi connectivity index (χ2n) is 5.33. The molecule has 0 aromatic rings. The van der Waals surface area contributed by atoms with Crippen molar-refractivity contribution in [3.05, 3.63) is 0 Å². The molecule has 0 aromatic carbocycles. The molecule has 0 saturated heterocycles. The molecule has 0 unspecified atom stereocenters. The molecule has 1 amide bonds. The topological polar surface area (TPSA) is 56.8 Å². The van der Waals surface area contributed by atoms with Gasteiger partial charge in [-0.1, -0.05) is 34.6 Å². The Kier molecular flexibility index (Phi) is 19.6. The van der Waals surface area contributed by atoms with Gasteiger partial charge in [-0.3, -0.25) is 4.79 Å². The van der Waals surface area contributed by atoms with E-state index in [1.807, 2.05) is 20.1 Å². The van der Waals surface area contributed by atoms with Crippen molar-refractivity contribution in [2.45, 2.75) is 52.2 Å². The third-order valence-corrected chi connectivity index (χ3v) is 4.05. The molecule has 0 aliphatic heterocycles. The molecule has 0 spiro atoms. The average Bonchev–Trinajstić information content (AvgIpc) is 2.54. The lowest BCUT2D eigenvalue weighted by Gasteiger charge is -2.20. The van der Waals surface area contributed by atoms with Crippen molar-refractivity contribution >= 4 is 17.7 Å². The highest BCUT2D eigenvalue weighted by Crippen LogP contribution is 2.24. The number of nitrogens with one attached hydrogen (secondary N) is 1. The summed E-state index contributed by atoms with van der Waals surface area (Å²) in [5, 5.41) is 2.86. The molecule has 0 fully saturated rings. The normalized spacial score (nSPS) is 10.9. The molecule has 0 atom stereocenters. The Hall–Kier alpha value is -0.300. The van der Waals surface area contributed by atoms with Gasteiger partial charge in [0.15, 0.2) is 0 Å². The third kappa shape index (κ3) is 19.7. The molecule has 0 heterocycles. The van der Waals surface area contributed by atoms with Crippen molar-refractivity contribution < 1.29 is 19.0 Å². The van der Waals surface area contributed by atoms with E-state index in [9.17, 15) is 4.79 Å². The minimum Gasteiger partial charge on any atom is -0.379 e. The first-order valence-electron chi connectivity index (χ1n) is 8.57. The lowest BCUT2D eigenvalue weighted by atomic mass is 10.1. The van der Waals surface area contributed by atoms with Gasteiger partial charge in [0.1, 0.15) is 0 Å². The van der Waals surface area contributed by atoms with Crippen LogP contribution in [0.1, 0.15) is 47.5 Å². The Morgan fingerprint density at radius 1 is 0.957 bits per heavy atom. The van der Waals surface area contributed by atoms with Crippen molar-refractivity contribution in [1.82, 2.24) is 5.32 Å². The fourth-order valence-corrected chi connectivity index (χ4v) is 1.75. The Morgan fingerprint density at radius 3 is 1.91 bits per heavy atom. The average molecular weight is 352 g/mol. The number of carbonyl (C=O) groups excluding carboxylic acids is 1. The molecule has 23 heavy (non-hydrogen) atoms. The molecule has 0 saturated carbocycles. The summed E-state index contributed by atoms with van der Waals surface area (Å²) in [7, 11) is 0. The Morgan fingerprint density at radius 2 is 1.43 bits per heavy atom. The minimum atomic E-state index is -0.0153. The SMILES string of the molecule is CC.CCCOCCOCCOCCNC(=O)CC(C)(C)SC. The number of ether oxygens (including phenoxy) is 3. The molecule has 6 heteroatoms. The van der Waals surface area contributed by atoms with Gasteiger partial charge in [-0.15, -0.1) is 0 Å². The van der Waals surface area contributed by atoms with Crippen LogP contribution in [0.15, 0.2) is 0 Å². The van der Waals surface area contributed by atoms with Crippen molar-refractivity contribution in [1.29, 1.82) is 0 Å². The van der Waals surface area contributed by atoms with Gasteiger partial charge in [0, 0.05) is 24.3 Å². The Labute approximate surface area is 147 Å². The Balaban J connectivity index is 0. The Bertz CT molecular complexity index is 263. The summed E-state index contributed by atoms with van der Waals surface area (Å²) >= 11 is 1.70. The predicted octanol–water partition coefficient (Wildman–Crippen LogP) is 3.12. The molecule has 0 aromatic heterocycles. The van der Waals surface area contributed by atoms with Crippen LogP contribution in [0.4, 0.5) is 0 Å². The number of carbonyl (C=O) groups is 1. The molecule has 0 aliphatic rings. The molecular weight excluding hydrogens is 314 g/mol. The van der Waals surface area contributed by atoms with Gasteiger partial charge >= 0.3 is 0 Å². The van der Waals surface area contributed by atoms with Gasteiger partial charge in [-0.2, -0.15) is 11.8 Å². The number of hydrogen-bond donors (Lipinski definition) is 1. The van der Waals surface area contributed by atoms with Crippen LogP contribution in [-0.4, -0.2) is 63.1 Å². The first-order valence-corrected chi connectivity index (χ1v) is 9.79. The van der Waals surface area contributed by atoms with E-state index in [4.69, 9.17) is 14.2 Å². The molecule has 1 N–H and O–H groups in total. The van der Waals surface area contributed by atoms with E-state index in [2.05, 4.69) is 26.1 Å². The maximum absolute atomic E-state index is 11.7. The predicted molar refractivity (Wildman–Crippen MR) is 99.3 cm³/mol. The summed E-state index contributed by atoms with van der Waals surface area (Å²) in [6, 6.07) is 0. The fraction of sp³-hybridized carbons (Fsp3) is 0.941. The summed E-state index contributed by atoms with van der Waals surface area (Å²) < 4.78 is 16.0. The summed E-state index contributed by atoms with van der Waals surface area (Å²) in [6.07, 6.45) is 3.57. The molecule has 0 bridgehead atoms. The van der Waals surface area contributed by atoms with E-state index in [1.165, 1.54) is 0 Å². The highest BCUT2D eigenvalue weighted by molar-refractivity contribution is 7.99. The van der Waals surface area contributed by atoms with Crippen LogP contribution < -0.4 is 5.32 Å². The second-order valence-corrected chi connectivity index (χ2v) is 6.84. The van der Waals surface area contributed by atoms with Crippen LogP contribution in [-0.2, 0) is 19.0 Å². The maximum Gasteiger partial charge on any atom is 0.221 e. The van der Waals surface area contributed by atoms with Gasteiger partial charge in [0.2, 0.25) is 5.91 Å². The van der Waals surface area contributed by atoms with Crippen LogP contribution in [0.25, 0.3) is 0 Å². The summed E-state index contributed by atoms with van der Waals surface area (Å²) in [5.41, 5.74) is 0. The summed E-state index contributed by atoms with van der Waals surface area (Å²) in [4.78, 5) is 11.7. The largest absolute Gasteiger partial charge is 0.379 e. The number of hydrogen-bond acceptors (Lipinski definition) is 5. The van der Waals surface area contributed by atoms with E-state index < -0.39 is 0 Å². The second kappa shape index (κ2) is 18.0. The van der Waals surface area contributed by atoms with E-state index >= 15 is 0 Å². The van der Waals surface area contributed by atoms with Gasteiger partial charge in [0.25, 0.3) is 0 Å². The van der Waals surface area contributed by atoms with Crippen molar-refractivity contribution in [2.24, 2.45) is 0 Å². The number of rotatable bonds is 14. The van der Waals surface area contributed by atoms with E-state index in [0.717, 1.165) is 13.0 Å². The smallest absolute Gasteiger partial charge is 0.221 e. The molecular formula is C17H37NO4S. The lowest BCUT2D eigenvalue weighted by Crippen LogP contribution is -2.32. The van der Waals surface area contributed by atoms with Crippen LogP contribution in [0.3, 0.4) is 0 Å². The number of amides is 1. The van der Waals surface area contributed by atoms with Gasteiger partial charge in [0.05, 0.1) is 33.0 Å². The van der Waals surface area contributed by atoms with Crippen LogP contribution in [0.2, 0.25) is 0 Å². The highest BCUT2D eigenvalue weighted by Gasteiger charge is 2.19. The van der Waals surface area contributed by atoms with E-state index in [1.54, 1.807) is 11.8 Å². The lowest BCUT2D eigenvalue weighted by molar-refractivity contribution is -0.121. The van der Waals surface area contributed by atoms with E-state index in [0.29, 0.717) is 46.0 Å². The maximum atomic E-state index is 11.7. The summed E-state index contributed by atoms with van der Waals surface area (Å²) in [5.74, 6) is 0.0715. The van der Waals surface area contributed by atoms with Gasteiger partial charge < -0.3 is 19.5 Å². The zero-order chi connectivity index (χ0) is 18.0. The third-order valence-electron chi connectivity index (χ3n) is 2.80. The first-order chi connectivity index (χ1) is 11.0. The van der Waals surface area contributed by atoms with E-state index in [-0.39, 0.29) is 10.7 Å². The van der Waals surface area contributed by atoms with Crippen molar-refractivity contribution in [3.8, 4) is 0 Å². The van der Waals surface area contributed by atoms with Crippen molar-refractivity contribution in [2.75, 3.05) is 52.4 Å². The summed E-state index contributed by atoms with van der Waals surface area (Å²) in [6.45, 7) is 14.4. The highest BCUT2D eigenvalue weighted by atomic mass is 32.2. The monoisotopic (exact) mass is 351 g/mol. The molecule has 0 rings (SSSR count). The molecule has 0 radical (unpaired) electrons. The quantitative estimate of drug-likeness (QED) is 0.487. The van der Waals surface area contributed by atoms with Crippen LogP contribution in [0, 0.1) is 0 Å². The number of thioether (sulfide) groups is 1.